The van der Waals surface area contributed by atoms with Crippen LogP contribution >= 0.6 is 0 Å². The number of rotatable bonds is 7. The number of amides is 1. The van der Waals surface area contributed by atoms with E-state index in [2.05, 4.69) is 0 Å². The van der Waals surface area contributed by atoms with Gasteiger partial charge in [0.1, 0.15) is 12.4 Å². The van der Waals surface area contributed by atoms with Crippen LogP contribution in [0.15, 0.2) is 39.6 Å². The summed E-state index contributed by atoms with van der Waals surface area (Å²) in [6.07, 6.45) is 0.605. The van der Waals surface area contributed by atoms with Gasteiger partial charge in [0, 0.05) is 32.4 Å². The van der Waals surface area contributed by atoms with Crippen LogP contribution in [0, 0.1) is 0 Å². The highest BCUT2D eigenvalue weighted by atomic mass is 32.2. The lowest BCUT2D eigenvalue weighted by Crippen LogP contribution is -2.30. The van der Waals surface area contributed by atoms with E-state index in [1.54, 1.807) is 42.3 Å². The number of hydrogen-bond acceptors (Lipinski definition) is 5. The topological polar surface area (TPSA) is 80.1 Å². The SMILES string of the molecule is CCN(CC)S(=O)(=O)c1ccc2c(c1)CCN2C(=O)c1ccc(COC)o1. The van der Waals surface area contributed by atoms with Crippen LogP contribution in [-0.4, -0.2) is 45.4 Å². The zero-order valence-electron chi connectivity index (χ0n) is 15.8. The van der Waals surface area contributed by atoms with Gasteiger partial charge in [-0.2, -0.15) is 4.31 Å². The Kier molecular flexibility index (Phi) is 5.69. The largest absolute Gasteiger partial charge is 0.453 e. The molecule has 1 aromatic heterocycles. The molecule has 0 fully saturated rings. The molecule has 0 spiro atoms. The minimum absolute atomic E-state index is 0.240. The number of benzene rings is 1. The molecule has 1 aliphatic rings. The molecule has 0 radical (unpaired) electrons. The molecule has 3 rings (SSSR count). The molecule has 0 aliphatic carbocycles. The number of methoxy groups -OCH3 is 1. The fourth-order valence-electron chi connectivity index (χ4n) is 3.31. The second-order valence-electron chi connectivity index (χ2n) is 6.29. The van der Waals surface area contributed by atoms with Crippen LogP contribution in [-0.2, 0) is 27.8 Å². The molecule has 146 valence electrons. The Morgan fingerprint density at radius 1 is 1.22 bits per heavy atom. The van der Waals surface area contributed by atoms with E-state index in [4.69, 9.17) is 9.15 Å². The Morgan fingerprint density at radius 3 is 2.63 bits per heavy atom. The van der Waals surface area contributed by atoms with E-state index >= 15 is 0 Å². The number of carbonyl (C=O) groups excluding carboxylic acids is 1. The average Bonchev–Trinajstić information content (AvgIpc) is 3.28. The lowest BCUT2D eigenvalue weighted by Gasteiger charge is -2.20. The Labute approximate surface area is 159 Å². The molecule has 8 heteroatoms. The Hall–Kier alpha value is -2.16. The molecular weight excluding hydrogens is 368 g/mol. The van der Waals surface area contributed by atoms with Gasteiger partial charge < -0.3 is 14.1 Å². The number of carbonyl (C=O) groups is 1. The van der Waals surface area contributed by atoms with Crippen molar-refractivity contribution in [1.29, 1.82) is 0 Å². The number of nitrogens with zero attached hydrogens (tertiary/aromatic N) is 2. The van der Waals surface area contributed by atoms with E-state index in [1.807, 2.05) is 13.8 Å². The number of sulfonamides is 1. The van der Waals surface area contributed by atoms with Gasteiger partial charge in [0.25, 0.3) is 5.91 Å². The highest BCUT2D eigenvalue weighted by Crippen LogP contribution is 2.32. The smallest absolute Gasteiger partial charge is 0.293 e. The molecule has 0 unspecified atom stereocenters. The molecule has 1 aliphatic heterocycles. The molecule has 1 aromatic carbocycles. The van der Waals surface area contributed by atoms with Gasteiger partial charge in [-0.3, -0.25) is 4.79 Å². The van der Waals surface area contributed by atoms with Crippen molar-refractivity contribution in [3.63, 3.8) is 0 Å². The second-order valence-corrected chi connectivity index (χ2v) is 8.22. The fourth-order valence-corrected chi connectivity index (χ4v) is 4.82. The minimum Gasteiger partial charge on any atom is -0.453 e. The average molecular weight is 392 g/mol. The van der Waals surface area contributed by atoms with Gasteiger partial charge in [-0.25, -0.2) is 8.42 Å². The van der Waals surface area contributed by atoms with Gasteiger partial charge in [-0.05, 0) is 42.3 Å². The maximum absolute atomic E-state index is 12.8. The van der Waals surface area contributed by atoms with Crippen LogP contribution in [0.2, 0.25) is 0 Å². The lowest BCUT2D eigenvalue weighted by atomic mass is 10.2. The first-order chi connectivity index (χ1) is 12.9. The Morgan fingerprint density at radius 2 is 1.96 bits per heavy atom. The molecule has 1 amide bonds. The second kappa shape index (κ2) is 7.84. The predicted octanol–water partition coefficient (Wildman–Crippen LogP) is 2.66. The van der Waals surface area contributed by atoms with Gasteiger partial charge in [-0.1, -0.05) is 13.8 Å². The number of fused-ring (bicyclic) bond motifs is 1. The number of hydrogen-bond donors (Lipinski definition) is 0. The van der Waals surface area contributed by atoms with Crippen molar-refractivity contribution < 1.29 is 22.4 Å². The molecule has 0 bridgehead atoms. The van der Waals surface area contributed by atoms with Gasteiger partial charge in [0.2, 0.25) is 10.0 Å². The van der Waals surface area contributed by atoms with E-state index in [9.17, 15) is 13.2 Å². The first-order valence-electron chi connectivity index (χ1n) is 8.95. The summed E-state index contributed by atoms with van der Waals surface area (Å²) >= 11 is 0. The molecular formula is C19H24N2O5S. The van der Waals surface area contributed by atoms with Gasteiger partial charge in [0.15, 0.2) is 5.76 Å². The summed E-state index contributed by atoms with van der Waals surface area (Å²) in [5.74, 6) is 0.589. The summed E-state index contributed by atoms with van der Waals surface area (Å²) in [7, 11) is -1.96. The van der Waals surface area contributed by atoms with E-state index in [0.29, 0.717) is 38.4 Å². The quantitative estimate of drug-likeness (QED) is 0.724. The van der Waals surface area contributed by atoms with Crippen LogP contribution in [0.3, 0.4) is 0 Å². The fraction of sp³-hybridized carbons (Fsp3) is 0.421. The van der Waals surface area contributed by atoms with Gasteiger partial charge in [-0.15, -0.1) is 0 Å². The van der Waals surface area contributed by atoms with E-state index in [-0.39, 0.29) is 16.6 Å². The van der Waals surface area contributed by atoms with Gasteiger partial charge in [0.05, 0.1) is 4.90 Å². The number of furan rings is 1. The van der Waals surface area contributed by atoms with Crippen molar-refractivity contribution in [3.8, 4) is 0 Å². The van der Waals surface area contributed by atoms with Crippen LogP contribution in [0.1, 0.15) is 35.7 Å². The highest BCUT2D eigenvalue weighted by molar-refractivity contribution is 7.89. The van der Waals surface area contributed by atoms with E-state index in [1.165, 1.54) is 4.31 Å². The van der Waals surface area contributed by atoms with Crippen molar-refractivity contribution in [1.82, 2.24) is 4.31 Å². The molecule has 0 saturated heterocycles. The highest BCUT2D eigenvalue weighted by Gasteiger charge is 2.30. The maximum Gasteiger partial charge on any atom is 0.293 e. The van der Waals surface area contributed by atoms with Crippen LogP contribution in [0.4, 0.5) is 5.69 Å². The third-order valence-corrected chi connectivity index (χ3v) is 6.74. The number of anilines is 1. The van der Waals surface area contributed by atoms with Crippen molar-refractivity contribution >= 4 is 21.6 Å². The molecule has 27 heavy (non-hydrogen) atoms. The van der Waals surface area contributed by atoms with Crippen molar-refractivity contribution in [2.45, 2.75) is 31.8 Å². The zero-order chi connectivity index (χ0) is 19.6. The summed E-state index contributed by atoms with van der Waals surface area (Å²) in [5.41, 5.74) is 1.57. The Bertz CT molecular complexity index is 931. The normalized spacial score (nSPS) is 14.0. The first-order valence-corrected chi connectivity index (χ1v) is 10.4. The van der Waals surface area contributed by atoms with Crippen LogP contribution in [0.5, 0.6) is 0 Å². The van der Waals surface area contributed by atoms with Crippen LogP contribution in [0.25, 0.3) is 0 Å². The molecule has 0 N–H and O–H groups in total. The monoisotopic (exact) mass is 392 g/mol. The molecule has 2 aromatic rings. The third kappa shape index (κ3) is 3.65. The minimum atomic E-state index is -3.52. The third-order valence-electron chi connectivity index (χ3n) is 4.69. The summed E-state index contributed by atoms with van der Waals surface area (Å²) in [5, 5.41) is 0. The summed E-state index contributed by atoms with van der Waals surface area (Å²) in [6.45, 7) is 5.26. The van der Waals surface area contributed by atoms with E-state index < -0.39 is 10.0 Å². The molecule has 0 saturated carbocycles. The summed E-state index contributed by atoms with van der Waals surface area (Å²) < 4.78 is 37.4. The van der Waals surface area contributed by atoms with Crippen molar-refractivity contribution in [2.24, 2.45) is 0 Å². The van der Waals surface area contributed by atoms with Crippen molar-refractivity contribution in [3.05, 3.63) is 47.4 Å². The first kappa shape index (κ1) is 19.6. The molecule has 7 nitrogen and oxygen atoms in total. The Balaban J connectivity index is 1.87. The standard InChI is InChI=1S/C19H24N2O5S/c1-4-20(5-2)27(23,24)16-7-8-17-14(12-16)10-11-21(17)19(22)18-9-6-15(26-18)13-25-3/h6-9,12H,4-5,10-11,13H2,1-3H3. The molecule has 2 heterocycles. The number of ether oxygens (including phenoxy) is 1. The van der Waals surface area contributed by atoms with Gasteiger partial charge >= 0.3 is 0 Å². The zero-order valence-corrected chi connectivity index (χ0v) is 16.6. The van der Waals surface area contributed by atoms with Crippen molar-refractivity contribution in [2.75, 3.05) is 31.6 Å². The van der Waals surface area contributed by atoms with E-state index in [0.717, 1.165) is 11.3 Å². The van der Waals surface area contributed by atoms with Crippen LogP contribution < -0.4 is 4.90 Å². The molecule has 0 atom stereocenters. The predicted molar refractivity (Wildman–Crippen MR) is 101 cm³/mol. The summed E-state index contributed by atoms with van der Waals surface area (Å²) in [6, 6.07) is 8.29. The summed E-state index contributed by atoms with van der Waals surface area (Å²) in [4.78, 5) is 14.7. The lowest BCUT2D eigenvalue weighted by molar-refractivity contribution is 0.0954. The maximum atomic E-state index is 12.8.